The second-order valence-corrected chi connectivity index (χ2v) is 16.4. The van der Waals surface area contributed by atoms with E-state index in [0.717, 1.165) is 28.5 Å². The predicted molar refractivity (Wildman–Crippen MR) is 200 cm³/mol. The van der Waals surface area contributed by atoms with Gasteiger partial charge in [-0.2, -0.15) is 0 Å². The summed E-state index contributed by atoms with van der Waals surface area (Å²) >= 11 is 9.87. The molecule has 2 N–H and O–H groups in total. The molecule has 1 heterocycles. The lowest BCUT2D eigenvalue weighted by atomic mass is 9.98. The molecule has 12 nitrogen and oxygen atoms in total. The number of carbonyl (C=O) groups excluding carboxylic acids is 5. The lowest BCUT2D eigenvalue weighted by molar-refractivity contribution is -0.147. The third-order valence-corrected chi connectivity index (χ3v) is 9.97. The van der Waals surface area contributed by atoms with Gasteiger partial charge in [-0.1, -0.05) is 53.0 Å². The Morgan fingerprint density at radius 3 is 2.43 bits per heavy atom. The molecule has 0 spiro atoms. The van der Waals surface area contributed by atoms with Gasteiger partial charge in [-0.05, 0) is 89.0 Å². The lowest BCUT2D eigenvalue weighted by Gasteiger charge is -2.35. The van der Waals surface area contributed by atoms with Crippen molar-refractivity contribution in [1.82, 2.24) is 25.3 Å². The van der Waals surface area contributed by atoms with Gasteiger partial charge in [0.05, 0.1) is 13.2 Å². The van der Waals surface area contributed by atoms with Gasteiger partial charge in [-0.25, -0.2) is 4.79 Å². The van der Waals surface area contributed by atoms with Crippen LogP contribution in [0.1, 0.15) is 72.8 Å². The molecule has 2 aliphatic rings. The largest absolute Gasteiger partial charge is 0.444 e. The first-order chi connectivity index (χ1) is 23.8. The molecule has 1 aliphatic heterocycles. The number of likely N-dealkylation sites (N-methyl/N-ethyl adjacent to an activating group) is 3. The monoisotopic (exact) mass is 795 g/mol. The minimum atomic E-state index is -1.01. The molecule has 1 aromatic carbocycles. The average Bonchev–Trinajstić information content (AvgIpc) is 3.88. The number of nitrogens with zero attached hydrogens (tertiary/aromatic N) is 3. The van der Waals surface area contributed by atoms with E-state index in [0.29, 0.717) is 18.0 Å². The number of amides is 5. The molecule has 5 amide bonds. The highest BCUT2D eigenvalue weighted by Gasteiger charge is 2.42. The minimum Gasteiger partial charge on any atom is -0.444 e. The van der Waals surface area contributed by atoms with E-state index in [9.17, 15) is 24.0 Å². The summed E-state index contributed by atoms with van der Waals surface area (Å²) in [4.78, 5) is 73.6. The third-order valence-electron chi connectivity index (χ3n) is 8.96. The van der Waals surface area contributed by atoms with Crippen molar-refractivity contribution >= 4 is 57.3 Å². The Balaban J connectivity index is 1.99. The van der Waals surface area contributed by atoms with E-state index in [4.69, 9.17) is 21.1 Å². The second kappa shape index (κ2) is 18.6. The van der Waals surface area contributed by atoms with Gasteiger partial charge in [-0.3, -0.25) is 19.2 Å². The number of ether oxygens (including phenoxy) is 2. The van der Waals surface area contributed by atoms with E-state index in [2.05, 4.69) is 26.6 Å². The SMILES string of the molecule is CC1=CC[C@H](N(C)C(=O)[C@@H](NC(=O)OC(C)(C)C)C2CC2)C(=O)N[C@@H](CC(C)C)C(=O)N(C)[C@@H](Cc2cc(Cl)ccc2Br)C(=O)N(C)CCOC1. The van der Waals surface area contributed by atoms with Crippen molar-refractivity contribution in [3.05, 3.63) is 44.9 Å². The van der Waals surface area contributed by atoms with Gasteiger partial charge in [0.1, 0.15) is 29.8 Å². The quantitative estimate of drug-likeness (QED) is 0.355. The standard InChI is InChI=1S/C37H55BrClN5O7/c1-22(2)18-28-33(46)44(9)30(20-25-19-26(39)13-14-27(25)38)34(47)42(7)16-17-50-21-23(3)10-15-29(32(45)40-28)43(8)35(48)31(24-11-12-24)41-36(49)51-37(4,5)6/h10,13-14,19,22,24,28-31H,11-12,15-18,20-21H2,1-9H3,(H,40,45)(H,41,49)/t28-,29-,30-,31-/m0/s1. The molecular weight excluding hydrogens is 742 g/mol. The number of halogens is 2. The van der Waals surface area contributed by atoms with Crippen LogP contribution in [0.15, 0.2) is 34.3 Å². The fourth-order valence-electron chi connectivity index (χ4n) is 5.89. The predicted octanol–water partition coefficient (Wildman–Crippen LogP) is 4.96. The summed E-state index contributed by atoms with van der Waals surface area (Å²) < 4.78 is 12.1. The normalized spacial score (nSPS) is 22.3. The van der Waals surface area contributed by atoms with Crippen molar-refractivity contribution < 1.29 is 33.4 Å². The second-order valence-electron chi connectivity index (χ2n) is 15.1. The Labute approximate surface area is 316 Å². The van der Waals surface area contributed by atoms with Crippen molar-refractivity contribution in [2.24, 2.45) is 11.8 Å². The summed E-state index contributed by atoms with van der Waals surface area (Å²) in [6.45, 7) is 11.8. The Hall–Kier alpha value is -3.16. The maximum Gasteiger partial charge on any atom is 0.408 e. The van der Waals surface area contributed by atoms with Crippen LogP contribution in [0.2, 0.25) is 5.02 Å². The van der Waals surface area contributed by atoms with E-state index >= 15 is 0 Å². The molecule has 14 heteroatoms. The highest BCUT2D eigenvalue weighted by molar-refractivity contribution is 9.10. The Morgan fingerprint density at radius 1 is 1.16 bits per heavy atom. The van der Waals surface area contributed by atoms with E-state index in [-0.39, 0.29) is 43.8 Å². The molecule has 0 radical (unpaired) electrons. The first-order valence-electron chi connectivity index (χ1n) is 17.5. The molecule has 4 atom stereocenters. The fourth-order valence-corrected chi connectivity index (χ4v) is 6.49. The van der Waals surface area contributed by atoms with Crippen LogP contribution in [0.25, 0.3) is 0 Å². The molecule has 1 saturated carbocycles. The molecule has 0 saturated heterocycles. The molecule has 0 unspecified atom stereocenters. The maximum absolute atomic E-state index is 14.4. The molecule has 1 aliphatic carbocycles. The Morgan fingerprint density at radius 2 is 1.82 bits per heavy atom. The maximum atomic E-state index is 14.4. The highest BCUT2D eigenvalue weighted by atomic mass is 79.9. The van der Waals surface area contributed by atoms with Crippen molar-refractivity contribution in [2.75, 3.05) is 40.9 Å². The average molecular weight is 797 g/mol. The molecule has 284 valence electrons. The van der Waals surface area contributed by atoms with Gasteiger partial charge in [0.15, 0.2) is 0 Å². The summed E-state index contributed by atoms with van der Waals surface area (Å²) in [6, 6.07) is 1.49. The fraction of sp³-hybridized carbons (Fsp3) is 0.649. The minimum absolute atomic E-state index is 0.00604. The molecule has 0 bridgehead atoms. The van der Waals surface area contributed by atoms with Gasteiger partial charge in [-0.15, -0.1) is 0 Å². The summed E-state index contributed by atoms with van der Waals surface area (Å²) in [5, 5.41) is 6.17. The van der Waals surface area contributed by atoms with Crippen LogP contribution in [-0.4, -0.2) is 115 Å². The number of nitrogens with one attached hydrogen (secondary N) is 2. The summed E-state index contributed by atoms with van der Waals surface area (Å²) in [5.74, 6) is -1.76. The zero-order valence-electron chi connectivity index (χ0n) is 31.4. The van der Waals surface area contributed by atoms with Crippen LogP contribution in [0.5, 0.6) is 0 Å². The van der Waals surface area contributed by atoms with Crippen LogP contribution in [0, 0.1) is 11.8 Å². The molecule has 51 heavy (non-hydrogen) atoms. The smallest absolute Gasteiger partial charge is 0.408 e. The number of alkyl carbamates (subject to hydrolysis) is 1. The van der Waals surface area contributed by atoms with E-state index in [1.165, 1.54) is 16.8 Å². The summed E-state index contributed by atoms with van der Waals surface area (Å²) in [6.07, 6.45) is 3.26. The third kappa shape index (κ3) is 12.8. The molecule has 1 fully saturated rings. The van der Waals surface area contributed by atoms with Crippen molar-refractivity contribution in [3.8, 4) is 0 Å². The number of rotatable bonds is 8. The lowest BCUT2D eigenvalue weighted by Crippen LogP contribution is -2.59. The van der Waals surface area contributed by atoms with Gasteiger partial charge >= 0.3 is 6.09 Å². The molecule has 3 rings (SSSR count). The topological polar surface area (TPSA) is 138 Å². The van der Waals surface area contributed by atoms with E-state index < -0.39 is 53.6 Å². The van der Waals surface area contributed by atoms with Crippen molar-refractivity contribution in [1.29, 1.82) is 0 Å². The number of benzene rings is 1. The zero-order chi connectivity index (χ0) is 38.2. The molecule has 1 aromatic rings. The first-order valence-corrected chi connectivity index (χ1v) is 18.7. The summed E-state index contributed by atoms with van der Waals surface area (Å²) in [5.41, 5.74) is 0.823. The van der Waals surface area contributed by atoms with Gasteiger partial charge < -0.3 is 34.8 Å². The van der Waals surface area contributed by atoms with Gasteiger partial charge in [0.2, 0.25) is 23.6 Å². The van der Waals surface area contributed by atoms with E-state index in [1.807, 2.05) is 26.8 Å². The molecule has 0 aromatic heterocycles. The Kier molecular flexibility index (Phi) is 15.4. The number of hydrogen-bond acceptors (Lipinski definition) is 7. The van der Waals surface area contributed by atoms with Gasteiger partial charge in [0.25, 0.3) is 0 Å². The summed E-state index contributed by atoms with van der Waals surface area (Å²) in [7, 11) is 4.78. The zero-order valence-corrected chi connectivity index (χ0v) is 33.7. The van der Waals surface area contributed by atoms with Crippen LogP contribution in [0.3, 0.4) is 0 Å². The molecular formula is C37H55BrClN5O7. The van der Waals surface area contributed by atoms with Crippen molar-refractivity contribution in [3.63, 3.8) is 0 Å². The highest BCUT2D eigenvalue weighted by Crippen LogP contribution is 2.34. The van der Waals surface area contributed by atoms with Crippen LogP contribution < -0.4 is 10.6 Å². The van der Waals surface area contributed by atoms with Crippen LogP contribution >= 0.6 is 27.5 Å². The number of carbonyl (C=O) groups is 5. The van der Waals surface area contributed by atoms with Crippen LogP contribution in [-0.2, 0) is 35.1 Å². The first kappa shape index (κ1) is 42.3. The van der Waals surface area contributed by atoms with E-state index in [1.54, 1.807) is 58.0 Å². The van der Waals surface area contributed by atoms with Crippen LogP contribution in [0.4, 0.5) is 4.79 Å². The Bertz CT molecular complexity index is 1460. The number of hydrogen-bond donors (Lipinski definition) is 2. The van der Waals surface area contributed by atoms with Crippen molar-refractivity contribution in [2.45, 2.75) is 103 Å². The van der Waals surface area contributed by atoms with Gasteiger partial charge in [0, 0.05) is 43.6 Å².